The number of methoxy groups -OCH3 is 2. The number of carbonyl (C=O) groups is 1. The van der Waals surface area contributed by atoms with Crippen LogP contribution in [0.3, 0.4) is 0 Å². The number of hydrogen-bond acceptors (Lipinski definition) is 6. The molecule has 29 heavy (non-hydrogen) atoms. The molecule has 0 saturated carbocycles. The molecule has 0 amide bonds. The molecule has 7 nitrogen and oxygen atoms in total. The Morgan fingerprint density at radius 1 is 1.14 bits per heavy atom. The highest BCUT2D eigenvalue weighted by Crippen LogP contribution is 2.39. The van der Waals surface area contributed by atoms with Gasteiger partial charge in [0.25, 0.3) is 10.0 Å². The highest BCUT2D eigenvalue weighted by atomic mass is 32.2. The number of nitrogens with zero attached hydrogens (tertiary/aromatic N) is 2. The number of aromatic nitrogens is 2. The zero-order valence-corrected chi connectivity index (χ0v) is 16.5. The van der Waals surface area contributed by atoms with Crippen molar-refractivity contribution in [3.05, 3.63) is 65.5 Å². The van der Waals surface area contributed by atoms with Gasteiger partial charge in [0.05, 0.1) is 14.2 Å². The third-order valence-electron chi connectivity index (χ3n) is 4.11. The molecule has 0 saturated heterocycles. The Labute approximate surface area is 165 Å². The monoisotopic (exact) mass is 422 g/mol. The fraction of sp³-hybridized carbons (Fsp3) is 0.158. The summed E-state index contributed by atoms with van der Waals surface area (Å²) in [7, 11) is -2.07. The smallest absolute Gasteiger partial charge is 0.343 e. The van der Waals surface area contributed by atoms with E-state index in [0.717, 1.165) is 25.4 Å². The lowest BCUT2D eigenvalue weighted by Gasteiger charge is -2.12. The highest BCUT2D eigenvalue weighted by molar-refractivity contribution is 7.90. The fourth-order valence-corrected chi connectivity index (χ4v) is 4.18. The first-order valence-corrected chi connectivity index (χ1v) is 9.67. The molecule has 0 radical (unpaired) electrons. The molecule has 3 aromatic rings. The number of carbonyl (C=O) groups excluding carboxylic acids is 1. The van der Waals surface area contributed by atoms with Crippen molar-refractivity contribution in [2.45, 2.75) is 11.9 Å². The molecule has 0 unspecified atom stereocenters. The van der Waals surface area contributed by atoms with Gasteiger partial charge in [-0.2, -0.15) is 8.42 Å². The van der Waals surface area contributed by atoms with Crippen LogP contribution in [0.25, 0.3) is 11.3 Å². The summed E-state index contributed by atoms with van der Waals surface area (Å²) in [5.74, 6) is -3.01. The van der Waals surface area contributed by atoms with Crippen LogP contribution in [0.2, 0.25) is 0 Å². The zero-order valence-electron chi connectivity index (χ0n) is 15.6. The molecule has 0 fully saturated rings. The van der Waals surface area contributed by atoms with E-state index in [-0.39, 0.29) is 27.6 Å². The van der Waals surface area contributed by atoms with Crippen LogP contribution >= 0.6 is 0 Å². The van der Waals surface area contributed by atoms with Crippen LogP contribution in [0.1, 0.15) is 16.1 Å². The van der Waals surface area contributed by atoms with Gasteiger partial charge in [0.15, 0.2) is 10.8 Å². The van der Waals surface area contributed by atoms with E-state index in [9.17, 15) is 22.0 Å². The van der Waals surface area contributed by atoms with Crippen LogP contribution in [0.4, 0.5) is 8.78 Å². The van der Waals surface area contributed by atoms with Gasteiger partial charge in [-0.25, -0.2) is 22.5 Å². The van der Waals surface area contributed by atoms with Gasteiger partial charge in [-0.1, -0.05) is 6.07 Å². The second-order valence-corrected chi connectivity index (χ2v) is 7.72. The standard InChI is InChI=1S/C19H16F2N2O5S/c1-11-5-4-6-16(22-11)29(25,26)23-10-14(19(24)28-3)18(27-2)17(23)13-8-7-12(20)9-15(13)21/h4-10H,1-3H3. The van der Waals surface area contributed by atoms with Gasteiger partial charge in [-0.15, -0.1) is 0 Å². The Kier molecular flexibility index (Phi) is 5.38. The van der Waals surface area contributed by atoms with Crippen molar-refractivity contribution in [1.82, 2.24) is 8.96 Å². The molecule has 0 atom stereocenters. The molecular formula is C19H16F2N2O5S. The maximum atomic E-state index is 14.5. The molecule has 2 heterocycles. The molecule has 0 bridgehead atoms. The second kappa shape index (κ2) is 7.63. The molecule has 1 aromatic carbocycles. The maximum Gasteiger partial charge on any atom is 0.343 e. The third-order valence-corrected chi connectivity index (χ3v) is 5.67. The minimum absolute atomic E-state index is 0.237. The van der Waals surface area contributed by atoms with Crippen molar-refractivity contribution < 1.29 is 31.5 Å². The minimum Gasteiger partial charge on any atom is -0.494 e. The first kappa shape index (κ1) is 20.5. The van der Waals surface area contributed by atoms with Crippen molar-refractivity contribution in [3.8, 4) is 17.0 Å². The third kappa shape index (κ3) is 3.58. The Morgan fingerprint density at radius 2 is 1.86 bits per heavy atom. The van der Waals surface area contributed by atoms with E-state index >= 15 is 0 Å². The number of hydrogen-bond donors (Lipinski definition) is 0. The molecule has 0 aliphatic carbocycles. The van der Waals surface area contributed by atoms with E-state index in [2.05, 4.69) is 9.72 Å². The van der Waals surface area contributed by atoms with Gasteiger partial charge in [-0.05, 0) is 31.2 Å². The summed E-state index contributed by atoms with van der Waals surface area (Å²) >= 11 is 0. The van der Waals surface area contributed by atoms with Crippen molar-refractivity contribution in [1.29, 1.82) is 0 Å². The average Bonchev–Trinajstić information content (AvgIpc) is 3.07. The molecule has 10 heteroatoms. The predicted molar refractivity (Wildman–Crippen MR) is 99.2 cm³/mol. The zero-order chi connectivity index (χ0) is 21.3. The van der Waals surface area contributed by atoms with Crippen LogP contribution in [0, 0.1) is 18.6 Å². The maximum absolute atomic E-state index is 14.5. The lowest BCUT2D eigenvalue weighted by molar-refractivity contribution is 0.0597. The Bertz CT molecular complexity index is 1210. The van der Waals surface area contributed by atoms with E-state index in [1.165, 1.54) is 19.2 Å². The molecule has 0 spiro atoms. The summed E-state index contributed by atoms with van der Waals surface area (Å²) in [4.78, 5) is 16.2. The largest absolute Gasteiger partial charge is 0.494 e. The number of pyridine rings is 1. The SMILES string of the molecule is COC(=O)c1cn(S(=O)(=O)c2cccc(C)n2)c(-c2ccc(F)cc2F)c1OC. The van der Waals surface area contributed by atoms with E-state index in [1.54, 1.807) is 13.0 Å². The molecule has 3 rings (SSSR count). The molecule has 0 N–H and O–H groups in total. The summed E-state index contributed by atoms with van der Waals surface area (Å²) in [6, 6.07) is 6.98. The lowest BCUT2D eigenvalue weighted by Crippen LogP contribution is -2.15. The number of halogens is 2. The predicted octanol–water partition coefficient (Wildman–Crippen LogP) is 3.17. The molecule has 0 aliphatic heterocycles. The van der Waals surface area contributed by atoms with Gasteiger partial charge < -0.3 is 9.47 Å². The number of rotatable bonds is 5. The summed E-state index contributed by atoms with van der Waals surface area (Å²) in [5.41, 5.74) is -0.388. The van der Waals surface area contributed by atoms with Crippen LogP contribution in [0.5, 0.6) is 5.75 Å². The van der Waals surface area contributed by atoms with E-state index in [1.807, 2.05) is 0 Å². The van der Waals surface area contributed by atoms with Crippen molar-refractivity contribution >= 4 is 16.0 Å². The van der Waals surface area contributed by atoms with E-state index < -0.39 is 27.6 Å². The van der Waals surface area contributed by atoms with Crippen molar-refractivity contribution in [3.63, 3.8) is 0 Å². The molecule has 152 valence electrons. The summed E-state index contributed by atoms with van der Waals surface area (Å²) in [6.45, 7) is 1.61. The Hall–Kier alpha value is -3.27. The topological polar surface area (TPSA) is 87.5 Å². The quantitative estimate of drug-likeness (QED) is 0.587. The number of aryl methyl sites for hydroxylation is 1. The summed E-state index contributed by atoms with van der Waals surface area (Å²) in [5, 5.41) is -0.324. The van der Waals surface area contributed by atoms with Crippen LogP contribution in [-0.2, 0) is 14.8 Å². The van der Waals surface area contributed by atoms with E-state index in [0.29, 0.717) is 15.7 Å². The van der Waals surface area contributed by atoms with Crippen molar-refractivity contribution in [2.75, 3.05) is 14.2 Å². The Morgan fingerprint density at radius 3 is 2.45 bits per heavy atom. The number of esters is 1. The first-order chi connectivity index (χ1) is 13.7. The average molecular weight is 422 g/mol. The van der Waals surface area contributed by atoms with Gasteiger partial charge in [0.2, 0.25) is 0 Å². The lowest BCUT2D eigenvalue weighted by atomic mass is 10.1. The second-order valence-electron chi connectivity index (χ2n) is 5.96. The first-order valence-electron chi connectivity index (χ1n) is 8.23. The van der Waals surface area contributed by atoms with Crippen molar-refractivity contribution in [2.24, 2.45) is 0 Å². The van der Waals surface area contributed by atoms with Gasteiger partial charge in [0, 0.05) is 23.5 Å². The number of benzene rings is 1. The fourth-order valence-electron chi connectivity index (χ4n) is 2.80. The van der Waals surface area contributed by atoms with Crippen LogP contribution in [-0.4, -0.2) is 37.6 Å². The molecular weight excluding hydrogens is 406 g/mol. The molecule has 2 aromatic heterocycles. The summed E-state index contributed by atoms with van der Waals surface area (Å²) < 4.78 is 65.0. The van der Waals surface area contributed by atoms with Gasteiger partial charge >= 0.3 is 5.97 Å². The number of ether oxygens (including phenoxy) is 2. The normalized spacial score (nSPS) is 11.3. The highest BCUT2D eigenvalue weighted by Gasteiger charge is 2.32. The Balaban J connectivity index is 2.40. The van der Waals surface area contributed by atoms with Gasteiger partial charge in [0.1, 0.15) is 22.9 Å². The van der Waals surface area contributed by atoms with E-state index in [4.69, 9.17) is 4.74 Å². The van der Waals surface area contributed by atoms with Crippen LogP contribution in [0.15, 0.2) is 47.6 Å². The van der Waals surface area contributed by atoms with Crippen LogP contribution < -0.4 is 4.74 Å². The summed E-state index contributed by atoms with van der Waals surface area (Å²) in [6.07, 6.45) is 0.960. The molecule has 0 aliphatic rings. The van der Waals surface area contributed by atoms with Gasteiger partial charge in [-0.3, -0.25) is 0 Å². The minimum atomic E-state index is -4.36.